The predicted octanol–water partition coefficient (Wildman–Crippen LogP) is 3.24. The van der Waals surface area contributed by atoms with E-state index in [1.54, 1.807) is 6.20 Å². The summed E-state index contributed by atoms with van der Waals surface area (Å²) in [6.07, 6.45) is 8.80. The molecule has 4 rings (SSSR count). The Morgan fingerprint density at radius 3 is 2.38 bits per heavy atom. The van der Waals surface area contributed by atoms with Crippen LogP contribution in [-0.4, -0.2) is 58.9 Å². The maximum absolute atomic E-state index is 12.8. The van der Waals surface area contributed by atoms with Gasteiger partial charge in [-0.3, -0.25) is 14.5 Å². The highest BCUT2D eigenvalue weighted by atomic mass is 35.5. The summed E-state index contributed by atoms with van der Waals surface area (Å²) in [4.78, 5) is 29.9. The van der Waals surface area contributed by atoms with Gasteiger partial charge < -0.3 is 10.2 Å². The number of para-hydroxylation sites is 1. The van der Waals surface area contributed by atoms with Gasteiger partial charge in [-0.25, -0.2) is 0 Å². The lowest BCUT2D eigenvalue weighted by Gasteiger charge is -2.38. The van der Waals surface area contributed by atoms with Crippen molar-refractivity contribution in [2.75, 3.05) is 31.1 Å². The SMILES string of the molecule is CC(C(=O)NC1CCCCCC1)N1CCN(c2cnn(-c3ccccc3)c(=O)c2Cl)CC1. The van der Waals surface area contributed by atoms with Crippen molar-refractivity contribution in [1.29, 1.82) is 0 Å². The Labute approximate surface area is 194 Å². The van der Waals surface area contributed by atoms with Gasteiger partial charge in [-0.1, -0.05) is 55.5 Å². The molecule has 1 aromatic heterocycles. The fraction of sp³-hybridized carbons (Fsp3) is 0.542. The average molecular weight is 458 g/mol. The van der Waals surface area contributed by atoms with Crippen LogP contribution >= 0.6 is 11.6 Å². The van der Waals surface area contributed by atoms with Crippen molar-refractivity contribution in [3.8, 4) is 5.69 Å². The molecule has 2 heterocycles. The van der Waals surface area contributed by atoms with Gasteiger partial charge in [-0.2, -0.15) is 9.78 Å². The van der Waals surface area contributed by atoms with E-state index in [0.717, 1.165) is 25.9 Å². The molecule has 32 heavy (non-hydrogen) atoms. The summed E-state index contributed by atoms with van der Waals surface area (Å²) >= 11 is 6.46. The van der Waals surface area contributed by atoms with Crippen LogP contribution < -0.4 is 15.8 Å². The molecule has 1 aromatic carbocycles. The highest BCUT2D eigenvalue weighted by Gasteiger charge is 2.28. The minimum Gasteiger partial charge on any atom is -0.366 e. The first-order valence-corrected chi connectivity index (χ1v) is 12.0. The van der Waals surface area contributed by atoms with Crippen molar-refractivity contribution in [3.63, 3.8) is 0 Å². The van der Waals surface area contributed by atoms with Crippen LogP contribution in [-0.2, 0) is 4.79 Å². The molecule has 2 fully saturated rings. The topological polar surface area (TPSA) is 70.5 Å². The van der Waals surface area contributed by atoms with Gasteiger partial charge in [0.1, 0.15) is 5.02 Å². The first-order valence-electron chi connectivity index (χ1n) is 11.7. The van der Waals surface area contributed by atoms with Gasteiger partial charge in [0.25, 0.3) is 5.56 Å². The lowest BCUT2D eigenvalue weighted by atomic mass is 10.1. The van der Waals surface area contributed by atoms with Gasteiger partial charge in [-0.15, -0.1) is 0 Å². The summed E-state index contributed by atoms with van der Waals surface area (Å²) in [6, 6.07) is 9.40. The third kappa shape index (κ3) is 5.15. The Balaban J connectivity index is 1.36. The Morgan fingerprint density at radius 2 is 1.72 bits per heavy atom. The number of amides is 1. The molecule has 1 aliphatic heterocycles. The molecular formula is C24H32ClN5O2. The van der Waals surface area contributed by atoms with Crippen LogP contribution in [0.25, 0.3) is 5.69 Å². The standard InChI is InChI=1S/C24H32ClN5O2/c1-18(23(31)27-19-9-5-2-3-6-10-19)28-13-15-29(16-14-28)21-17-26-30(24(32)22(21)25)20-11-7-4-8-12-20/h4,7-8,11-12,17-19H,2-3,5-6,9-10,13-16H2,1H3,(H,27,31). The number of anilines is 1. The van der Waals surface area contributed by atoms with Crippen molar-refractivity contribution >= 4 is 23.2 Å². The average Bonchev–Trinajstić information content (AvgIpc) is 3.09. The van der Waals surface area contributed by atoms with E-state index in [1.165, 1.54) is 30.4 Å². The number of carbonyl (C=O) groups excluding carboxylic acids is 1. The molecule has 2 aliphatic rings. The zero-order chi connectivity index (χ0) is 22.5. The molecular weight excluding hydrogens is 426 g/mol. The third-order valence-corrected chi connectivity index (χ3v) is 7.04. The molecule has 2 aromatic rings. The molecule has 0 spiro atoms. The molecule has 1 saturated carbocycles. The molecule has 1 aliphatic carbocycles. The quantitative estimate of drug-likeness (QED) is 0.698. The zero-order valence-electron chi connectivity index (χ0n) is 18.7. The number of benzene rings is 1. The molecule has 1 N–H and O–H groups in total. The van der Waals surface area contributed by atoms with E-state index >= 15 is 0 Å². The molecule has 1 saturated heterocycles. The van der Waals surface area contributed by atoms with Crippen LogP contribution in [0.1, 0.15) is 45.4 Å². The number of halogens is 1. The van der Waals surface area contributed by atoms with Crippen LogP contribution in [0.15, 0.2) is 41.3 Å². The lowest BCUT2D eigenvalue weighted by Crippen LogP contribution is -2.55. The number of aromatic nitrogens is 2. The summed E-state index contributed by atoms with van der Waals surface area (Å²) in [5, 5.41) is 7.78. The molecule has 1 atom stereocenters. The second-order valence-corrected chi connectivity index (χ2v) is 9.17. The Hall–Kier alpha value is -2.38. The van der Waals surface area contributed by atoms with E-state index < -0.39 is 0 Å². The highest BCUT2D eigenvalue weighted by molar-refractivity contribution is 6.33. The Bertz CT molecular complexity index is 964. The van der Waals surface area contributed by atoms with E-state index in [9.17, 15) is 9.59 Å². The van der Waals surface area contributed by atoms with E-state index in [1.807, 2.05) is 37.3 Å². The lowest BCUT2D eigenvalue weighted by molar-refractivity contribution is -0.126. The number of nitrogens with zero attached hydrogens (tertiary/aromatic N) is 4. The van der Waals surface area contributed by atoms with E-state index in [2.05, 4.69) is 20.2 Å². The smallest absolute Gasteiger partial charge is 0.292 e. The monoisotopic (exact) mass is 457 g/mol. The zero-order valence-corrected chi connectivity index (χ0v) is 19.4. The largest absolute Gasteiger partial charge is 0.366 e. The number of hydrogen-bond acceptors (Lipinski definition) is 5. The van der Waals surface area contributed by atoms with Gasteiger partial charge in [0.05, 0.1) is 23.6 Å². The second-order valence-electron chi connectivity index (χ2n) is 8.79. The minimum atomic E-state index is -0.325. The number of nitrogens with one attached hydrogen (secondary N) is 1. The van der Waals surface area contributed by atoms with E-state index in [0.29, 0.717) is 30.5 Å². The molecule has 7 nitrogen and oxygen atoms in total. The fourth-order valence-corrected chi connectivity index (χ4v) is 4.91. The van der Waals surface area contributed by atoms with Crippen LogP contribution in [0.5, 0.6) is 0 Å². The van der Waals surface area contributed by atoms with Crippen LogP contribution in [0.2, 0.25) is 5.02 Å². The number of hydrogen-bond donors (Lipinski definition) is 1. The molecule has 1 amide bonds. The molecule has 0 radical (unpaired) electrons. The summed E-state index contributed by atoms with van der Waals surface area (Å²) in [7, 11) is 0. The Kier molecular flexibility index (Phi) is 7.48. The molecule has 1 unspecified atom stereocenters. The third-order valence-electron chi connectivity index (χ3n) is 6.68. The normalized spacial score (nSPS) is 19.4. The number of carbonyl (C=O) groups is 1. The van der Waals surface area contributed by atoms with Crippen molar-refractivity contribution in [1.82, 2.24) is 20.0 Å². The number of rotatable bonds is 5. The van der Waals surface area contributed by atoms with Gasteiger partial charge in [0, 0.05) is 32.2 Å². The van der Waals surface area contributed by atoms with Crippen LogP contribution in [0.3, 0.4) is 0 Å². The summed E-state index contributed by atoms with van der Waals surface area (Å²) in [6.45, 7) is 4.83. The van der Waals surface area contributed by atoms with Crippen LogP contribution in [0, 0.1) is 0 Å². The van der Waals surface area contributed by atoms with Crippen molar-refractivity contribution in [2.24, 2.45) is 0 Å². The molecule has 0 bridgehead atoms. The summed E-state index contributed by atoms with van der Waals surface area (Å²) < 4.78 is 1.32. The van der Waals surface area contributed by atoms with E-state index in [-0.39, 0.29) is 22.5 Å². The first-order chi connectivity index (χ1) is 15.5. The molecule has 172 valence electrons. The maximum atomic E-state index is 12.8. The van der Waals surface area contributed by atoms with Gasteiger partial charge in [-0.05, 0) is 31.9 Å². The summed E-state index contributed by atoms with van der Waals surface area (Å²) in [5.41, 5.74) is 1.01. The Morgan fingerprint density at radius 1 is 1.06 bits per heavy atom. The van der Waals surface area contributed by atoms with Gasteiger partial charge >= 0.3 is 0 Å². The highest BCUT2D eigenvalue weighted by Crippen LogP contribution is 2.24. The van der Waals surface area contributed by atoms with Crippen molar-refractivity contribution in [2.45, 2.75) is 57.5 Å². The van der Waals surface area contributed by atoms with Gasteiger partial charge in [0.15, 0.2) is 0 Å². The van der Waals surface area contributed by atoms with Gasteiger partial charge in [0.2, 0.25) is 5.91 Å². The second kappa shape index (κ2) is 10.5. The minimum absolute atomic E-state index is 0.121. The maximum Gasteiger partial charge on any atom is 0.292 e. The van der Waals surface area contributed by atoms with Crippen molar-refractivity contribution < 1.29 is 4.79 Å². The fourth-order valence-electron chi connectivity index (χ4n) is 4.66. The predicted molar refractivity (Wildman–Crippen MR) is 128 cm³/mol. The van der Waals surface area contributed by atoms with Crippen LogP contribution in [0.4, 0.5) is 5.69 Å². The first kappa shape index (κ1) is 22.8. The number of piperazine rings is 1. The van der Waals surface area contributed by atoms with Crippen molar-refractivity contribution in [3.05, 3.63) is 51.9 Å². The summed E-state index contributed by atoms with van der Waals surface area (Å²) in [5.74, 6) is 0.121. The molecule has 8 heteroatoms. The van der Waals surface area contributed by atoms with E-state index in [4.69, 9.17) is 11.6 Å².